The van der Waals surface area contributed by atoms with Gasteiger partial charge >= 0.3 is 0 Å². The molecule has 0 spiro atoms. The third-order valence-corrected chi connectivity index (χ3v) is 3.44. The van der Waals surface area contributed by atoms with E-state index in [1.807, 2.05) is 6.07 Å². The molecular weight excluding hydrogens is 282 g/mol. The summed E-state index contributed by atoms with van der Waals surface area (Å²) in [4.78, 5) is 28.5. The number of nitrogens with zero attached hydrogens (tertiary/aromatic N) is 4. The molecule has 112 valence electrons. The van der Waals surface area contributed by atoms with Crippen molar-refractivity contribution in [3.63, 3.8) is 0 Å². The van der Waals surface area contributed by atoms with Crippen molar-refractivity contribution >= 4 is 11.4 Å². The summed E-state index contributed by atoms with van der Waals surface area (Å²) >= 11 is 0. The Kier molecular flexibility index (Phi) is 3.69. The van der Waals surface area contributed by atoms with Gasteiger partial charge in [-0.1, -0.05) is 6.07 Å². The number of fused-ring (bicyclic) bond motifs is 1. The molecule has 3 aromatic rings. The van der Waals surface area contributed by atoms with Crippen molar-refractivity contribution in [2.75, 3.05) is 0 Å². The second kappa shape index (κ2) is 5.80. The smallest absolute Gasteiger partial charge is 0.291 e. The second-order valence-electron chi connectivity index (χ2n) is 4.94. The van der Waals surface area contributed by atoms with Gasteiger partial charge in [0.05, 0.1) is 0 Å². The number of pyridine rings is 1. The number of aromatic nitrogens is 4. The Morgan fingerprint density at radius 2 is 2.23 bits per heavy atom. The molecule has 0 saturated heterocycles. The average Bonchev–Trinajstić information content (AvgIpc) is 3.03. The molecule has 3 rings (SSSR count). The molecule has 0 saturated carbocycles. The molecule has 0 aliphatic heterocycles. The van der Waals surface area contributed by atoms with Gasteiger partial charge in [0, 0.05) is 25.1 Å². The van der Waals surface area contributed by atoms with E-state index >= 15 is 0 Å². The molecule has 1 amide bonds. The molecule has 0 aromatic carbocycles. The Labute approximate surface area is 126 Å². The van der Waals surface area contributed by atoms with Crippen LogP contribution in [0.25, 0.3) is 5.52 Å². The van der Waals surface area contributed by atoms with E-state index in [-0.39, 0.29) is 11.5 Å². The van der Waals surface area contributed by atoms with E-state index in [4.69, 9.17) is 0 Å². The molecule has 0 fully saturated rings. The summed E-state index contributed by atoms with van der Waals surface area (Å²) in [6.45, 7) is 2.01. The number of rotatable bonds is 4. The normalized spacial score (nSPS) is 12.2. The maximum Gasteiger partial charge on any atom is 0.291 e. The van der Waals surface area contributed by atoms with Crippen LogP contribution in [0.3, 0.4) is 0 Å². The molecule has 0 aliphatic rings. The van der Waals surface area contributed by atoms with Crippen molar-refractivity contribution in [1.82, 2.24) is 24.5 Å². The summed E-state index contributed by atoms with van der Waals surface area (Å²) in [5.74, 6) is -0.269. The predicted octanol–water partition coefficient (Wildman–Crippen LogP) is 0.768. The molecule has 1 atom stereocenters. The van der Waals surface area contributed by atoms with Gasteiger partial charge in [-0.25, -0.2) is 4.68 Å². The average molecular weight is 297 g/mol. The Morgan fingerprint density at radius 3 is 3.00 bits per heavy atom. The number of carbonyl (C=O) groups excluding carboxylic acids is 1. The van der Waals surface area contributed by atoms with Crippen molar-refractivity contribution in [2.24, 2.45) is 0 Å². The van der Waals surface area contributed by atoms with Crippen molar-refractivity contribution in [1.29, 1.82) is 0 Å². The number of hydrogen-bond donors (Lipinski definition) is 1. The quantitative estimate of drug-likeness (QED) is 0.771. The fourth-order valence-corrected chi connectivity index (χ4v) is 2.18. The van der Waals surface area contributed by atoms with Gasteiger partial charge < -0.3 is 9.72 Å². The first kappa shape index (κ1) is 14.0. The van der Waals surface area contributed by atoms with E-state index in [1.165, 1.54) is 11.0 Å². The standard InChI is InChI=1S/C15H15N5O2/c1-11(14(21)17-9-12-4-2-6-16-8-12)20-15(22)13-5-3-7-19(13)10-18-20/h2-8,10-11H,9H2,1H3,(H,17,21). The van der Waals surface area contributed by atoms with Crippen LogP contribution < -0.4 is 10.9 Å². The molecule has 1 unspecified atom stereocenters. The zero-order chi connectivity index (χ0) is 15.5. The van der Waals surface area contributed by atoms with Crippen LogP contribution in [0.15, 0.2) is 54.0 Å². The monoisotopic (exact) mass is 297 g/mol. The second-order valence-corrected chi connectivity index (χ2v) is 4.94. The highest BCUT2D eigenvalue weighted by atomic mass is 16.2. The number of hydrogen-bond acceptors (Lipinski definition) is 4. The topological polar surface area (TPSA) is 81.3 Å². The first-order chi connectivity index (χ1) is 10.7. The van der Waals surface area contributed by atoms with Crippen LogP contribution in [0.2, 0.25) is 0 Å². The van der Waals surface area contributed by atoms with Gasteiger partial charge in [-0.15, -0.1) is 0 Å². The summed E-state index contributed by atoms with van der Waals surface area (Å²) in [6.07, 6.45) is 6.61. The third kappa shape index (κ3) is 2.60. The molecule has 0 bridgehead atoms. The first-order valence-electron chi connectivity index (χ1n) is 6.88. The van der Waals surface area contributed by atoms with Crippen molar-refractivity contribution in [3.8, 4) is 0 Å². The maximum absolute atomic E-state index is 12.3. The molecule has 1 N–H and O–H groups in total. The minimum Gasteiger partial charge on any atom is -0.350 e. The van der Waals surface area contributed by atoms with E-state index in [0.29, 0.717) is 12.1 Å². The number of carbonyl (C=O) groups is 1. The van der Waals surface area contributed by atoms with Crippen molar-refractivity contribution in [3.05, 3.63) is 65.1 Å². The van der Waals surface area contributed by atoms with Crippen LogP contribution in [-0.2, 0) is 11.3 Å². The molecule has 3 aromatic heterocycles. The van der Waals surface area contributed by atoms with Crippen LogP contribution in [0.5, 0.6) is 0 Å². The van der Waals surface area contributed by atoms with Crippen LogP contribution in [0.4, 0.5) is 0 Å². The SMILES string of the molecule is CC(C(=O)NCc1cccnc1)n1ncn2cccc2c1=O. The van der Waals surface area contributed by atoms with Gasteiger partial charge in [0.2, 0.25) is 5.91 Å². The molecule has 0 aliphatic carbocycles. The van der Waals surface area contributed by atoms with Crippen LogP contribution in [0.1, 0.15) is 18.5 Å². The lowest BCUT2D eigenvalue weighted by Crippen LogP contribution is -2.37. The van der Waals surface area contributed by atoms with Gasteiger partial charge in [0.25, 0.3) is 5.56 Å². The molecule has 7 heteroatoms. The number of amides is 1. The van der Waals surface area contributed by atoms with E-state index < -0.39 is 6.04 Å². The zero-order valence-electron chi connectivity index (χ0n) is 12.0. The zero-order valence-corrected chi connectivity index (χ0v) is 12.0. The Morgan fingerprint density at radius 1 is 1.36 bits per heavy atom. The van der Waals surface area contributed by atoms with Crippen LogP contribution >= 0.6 is 0 Å². The van der Waals surface area contributed by atoms with E-state index in [2.05, 4.69) is 15.4 Å². The molecule has 22 heavy (non-hydrogen) atoms. The lowest BCUT2D eigenvalue weighted by molar-refractivity contribution is -0.124. The van der Waals surface area contributed by atoms with Gasteiger partial charge in [-0.3, -0.25) is 14.6 Å². The molecule has 7 nitrogen and oxygen atoms in total. The number of nitrogens with one attached hydrogen (secondary N) is 1. The van der Waals surface area contributed by atoms with Crippen LogP contribution in [0, 0.1) is 0 Å². The minimum atomic E-state index is -0.691. The van der Waals surface area contributed by atoms with Crippen molar-refractivity contribution in [2.45, 2.75) is 19.5 Å². The van der Waals surface area contributed by atoms with E-state index in [0.717, 1.165) is 5.56 Å². The minimum absolute atomic E-state index is 0.269. The fourth-order valence-electron chi connectivity index (χ4n) is 2.18. The summed E-state index contributed by atoms with van der Waals surface area (Å²) < 4.78 is 2.81. The van der Waals surface area contributed by atoms with Crippen molar-refractivity contribution < 1.29 is 4.79 Å². The lowest BCUT2D eigenvalue weighted by atomic mass is 10.2. The third-order valence-electron chi connectivity index (χ3n) is 3.44. The highest BCUT2D eigenvalue weighted by molar-refractivity contribution is 5.79. The molecule has 3 heterocycles. The molecule has 0 radical (unpaired) electrons. The summed E-state index contributed by atoms with van der Waals surface area (Å²) in [5, 5.41) is 6.83. The Bertz CT molecular complexity index is 853. The predicted molar refractivity (Wildman–Crippen MR) is 80.2 cm³/mol. The largest absolute Gasteiger partial charge is 0.350 e. The van der Waals surface area contributed by atoms with Gasteiger partial charge in [-0.2, -0.15) is 5.10 Å². The highest BCUT2D eigenvalue weighted by Gasteiger charge is 2.18. The van der Waals surface area contributed by atoms with Crippen LogP contribution in [-0.4, -0.2) is 25.1 Å². The highest BCUT2D eigenvalue weighted by Crippen LogP contribution is 2.04. The van der Waals surface area contributed by atoms with Gasteiger partial charge in [0.15, 0.2) is 0 Å². The van der Waals surface area contributed by atoms with E-state index in [9.17, 15) is 9.59 Å². The maximum atomic E-state index is 12.3. The summed E-state index contributed by atoms with van der Waals surface area (Å²) in [5.41, 5.74) is 1.09. The molecular formula is C15H15N5O2. The Balaban J connectivity index is 1.77. The lowest BCUT2D eigenvalue weighted by Gasteiger charge is -2.14. The summed E-state index contributed by atoms with van der Waals surface area (Å²) in [6, 6.07) is 6.44. The first-order valence-corrected chi connectivity index (χ1v) is 6.88. The van der Waals surface area contributed by atoms with Gasteiger partial charge in [0.1, 0.15) is 17.9 Å². The van der Waals surface area contributed by atoms with E-state index in [1.54, 1.807) is 48.1 Å². The summed E-state index contributed by atoms with van der Waals surface area (Å²) in [7, 11) is 0. The fraction of sp³-hybridized carbons (Fsp3) is 0.200. The Hall–Kier alpha value is -2.96. The van der Waals surface area contributed by atoms with Gasteiger partial charge in [-0.05, 0) is 30.7 Å².